The average molecular weight is 390 g/mol. The summed E-state index contributed by atoms with van der Waals surface area (Å²) in [5.41, 5.74) is 0.415. The molecule has 1 saturated carbocycles. The number of hydrogen-bond donors (Lipinski definition) is 1. The van der Waals surface area contributed by atoms with Gasteiger partial charge in [0.2, 0.25) is 5.75 Å². The van der Waals surface area contributed by atoms with Crippen molar-refractivity contribution < 1.29 is 18.1 Å². The van der Waals surface area contributed by atoms with Crippen LogP contribution in [0.25, 0.3) is 0 Å². The van der Waals surface area contributed by atoms with Gasteiger partial charge in [-0.05, 0) is 49.2 Å². The molecule has 8 heteroatoms. The number of hydrogen-bond acceptors (Lipinski definition) is 6. The van der Waals surface area contributed by atoms with Gasteiger partial charge in [-0.25, -0.2) is 8.42 Å². The lowest BCUT2D eigenvalue weighted by Gasteiger charge is -2.23. The molecule has 1 fully saturated rings. The van der Waals surface area contributed by atoms with Crippen LogP contribution in [0.5, 0.6) is 11.5 Å². The van der Waals surface area contributed by atoms with E-state index in [1.54, 1.807) is 12.1 Å². The van der Waals surface area contributed by atoms with E-state index in [9.17, 15) is 18.5 Å². The van der Waals surface area contributed by atoms with Gasteiger partial charge in [-0.2, -0.15) is 0 Å². The van der Waals surface area contributed by atoms with E-state index in [1.165, 1.54) is 37.5 Å². The molecule has 1 N–H and O–H groups in total. The Morgan fingerprint density at radius 1 is 1.07 bits per heavy atom. The van der Waals surface area contributed by atoms with E-state index in [2.05, 4.69) is 5.32 Å². The highest BCUT2D eigenvalue weighted by molar-refractivity contribution is 7.90. The van der Waals surface area contributed by atoms with Crippen molar-refractivity contribution in [3.8, 4) is 11.5 Å². The number of nitro groups is 1. The van der Waals surface area contributed by atoms with Crippen molar-refractivity contribution in [2.75, 3.05) is 11.6 Å². The molecule has 2 aromatic carbocycles. The monoisotopic (exact) mass is 390 g/mol. The average Bonchev–Trinajstić information content (AvgIpc) is 2.63. The molecule has 1 aliphatic carbocycles. The van der Waals surface area contributed by atoms with Crippen LogP contribution in [0.4, 0.5) is 11.4 Å². The lowest BCUT2D eigenvalue weighted by Crippen LogP contribution is -2.22. The van der Waals surface area contributed by atoms with Gasteiger partial charge in [0.25, 0.3) is 0 Å². The SMILES string of the molecule is CS(=O)(=O)c1cccc(Oc2ccc(NC3CCCCC3)cc2)c1[N+](=O)[O-]. The standard InChI is InChI=1S/C19H22N2O5S/c1-27(24,25)18-9-5-8-17(19(18)21(22)23)26-16-12-10-15(11-13-16)20-14-6-3-2-4-7-14/h5,8-14,20H,2-4,6-7H2,1H3. The number of rotatable bonds is 6. The fourth-order valence-corrected chi connectivity index (χ4v) is 4.14. The molecule has 3 rings (SSSR count). The summed E-state index contributed by atoms with van der Waals surface area (Å²) in [6.07, 6.45) is 7.00. The first kappa shape index (κ1) is 19.2. The van der Waals surface area contributed by atoms with Gasteiger partial charge in [-0.1, -0.05) is 25.3 Å². The van der Waals surface area contributed by atoms with E-state index in [0.717, 1.165) is 24.8 Å². The molecule has 2 aromatic rings. The van der Waals surface area contributed by atoms with E-state index in [4.69, 9.17) is 4.74 Å². The molecule has 27 heavy (non-hydrogen) atoms. The molecule has 0 bridgehead atoms. The maximum Gasteiger partial charge on any atom is 0.330 e. The molecule has 144 valence electrons. The smallest absolute Gasteiger partial charge is 0.330 e. The molecular weight excluding hydrogens is 368 g/mol. The fourth-order valence-electron chi connectivity index (χ4n) is 3.29. The number of nitrogens with zero attached hydrogens (tertiary/aromatic N) is 1. The van der Waals surface area contributed by atoms with E-state index in [-0.39, 0.29) is 10.6 Å². The number of ether oxygens (including phenoxy) is 1. The van der Waals surface area contributed by atoms with E-state index in [1.807, 2.05) is 12.1 Å². The molecule has 0 heterocycles. The van der Waals surface area contributed by atoms with Crippen molar-refractivity contribution in [3.05, 3.63) is 52.6 Å². The molecule has 0 spiro atoms. The van der Waals surface area contributed by atoms with Crippen LogP contribution in [0, 0.1) is 10.1 Å². The van der Waals surface area contributed by atoms with Crippen LogP contribution >= 0.6 is 0 Å². The van der Waals surface area contributed by atoms with E-state index >= 15 is 0 Å². The Morgan fingerprint density at radius 2 is 1.74 bits per heavy atom. The first-order valence-corrected chi connectivity index (χ1v) is 10.8. The number of benzene rings is 2. The second-order valence-corrected chi connectivity index (χ2v) is 8.72. The van der Waals surface area contributed by atoms with Gasteiger partial charge >= 0.3 is 5.69 Å². The number of sulfone groups is 1. The van der Waals surface area contributed by atoms with Crippen LogP contribution in [0.3, 0.4) is 0 Å². The normalized spacial score (nSPS) is 15.3. The third kappa shape index (κ3) is 4.77. The van der Waals surface area contributed by atoms with Gasteiger partial charge in [0.15, 0.2) is 9.84 Å². The van der Waals surface area contributed by atoms with Crippen LogP contribution in [-0.4, -0.2) is 25.6 Å². The molecule has 1 aliphatic rings. The van der Waals surface area contributed by atoms with Crippen LogP contribution < -0.4 is 10.1 Å². The van der Waals surface area contributed by atoms with Crippen LogP contribution in [-0.2, 0) is 9.84 Å². The molecule has 7 nitrogen and oxygen atoms in total. The maximum absolute atomic E-state index is 11.8. The first-order valence-electron chi connectivity index (χ1n) is 8.86. The quantitative estimate of drug-likeness (QED) is 0.574. The summed E-state index contributed by atoms with van der Waals surface area (Å²) >= 11 is 0. The summed E-state index contributed by atoms with van der Waals surface area (Å²) in [6.45, 7) is 0. The highest BCUT2D eigenvalue weighted by Gasteiger charge is 2.27. The van der Waals surface area contributed by atoms with Gasteiger partial charge < -0.3 is 10.1 Å². The van der Waals surface area contributed by atoms with Crippen molar-refractivity contribution in [3.63, 3.8) is 0 Å². The summed E-state index contributed by atoms with van der Waals surface area (Å²) in [4.78, 5) is 10.3. The second-order valence-electron chi connectivity index (χ2n) is 6.74. The minimum atomic E-state index is -3.75. The van der Waals surface area contributed by atoms with Crippen molar-refractivity contribution >= 4 is 21.2 Å². The zero-order valence-corrected chi connectivity index (χ0v) is 15.9. The number of nitro benzene ring substituents is 1. The third-order valence-corrected chi connectivity index (χ3v) is 5.73. The van der Waals surface area contributed by atoms with Gasteiger partial charge in [-0.15, -0.1) is 0 Å². The second kappa shape index (κ2) is 7.96. The molecule has 0 unspecified atom stereocenters. The number of nitrogens with one attached hydrogen (secondary N) is 1. The molecule has 0 amide bonds. The largest absolute Gasteiger partial charge is 0.450 e. The van der Waals surface area contributed by atoms with Crippen molar-refractivity contribution in [2.45, 2.75) is 43.0 Å². The summed E-state index contributed by atoms with van der Waals surface area (Å²) in [7, 11) is -3.75. The minimum Gasteiger partial charge on any atom is -0.450 e. The Morgan fingerprint density at radius 3 is 2.33 bits per heavy atom. The Balaban J connectivity index is 1.80. The zero-order chi connectivity index (χ0) is 19.4. The lowest BCUT2D eigenvalue weighted by atomic mass is 9.95. The summed E-state index contributed by atoms with van der Waals surface area (Å²) in [5, 5.41) is 14.9. The lowest BCUT2D eigenvalue weighted by molar-refractivity contribution is -0.388. The van der Waals surface area contributed by atoms with Crippen LogP contribution in [0.2, 0.25) is 0 Å². The first-order chi connectivity index (χ1) is 12.8. The predicted molar refractivity (Wildman–Crippen MR) is 103 cm³/mol. The van der Waals surface area contributed by atoms with Crippen LogP contribution in [0.15, 0.2) is 47.4 Å². The molecule has 0 aliphatic heterocycles. The Labute approximate surface area is 158 Å². The van der Waals surface area contributed by atoms with Crippen molar-refractivity contribution in [1.29, 1.82) is 0 Å². The molecule has 0 saturated heterocycles. The summed E-state index contributed by atoms with van der Waals surface area (Å²) in [6, 6.07) is 11.6. The highest BCUT2D eigenvalue weighted by Crippen LogP contribution is 2.37. The molecule has 0 atom stereocenters. The molecule has 0 aromatic heterocycles. The predicted octanol–water partition coefficient (Wildman–Crippen LogP) is 4.54. The third-order valence-electron chi connectivity index (χ3n) is 4.60. The maximum atomic E-state index is 11.8. The topological polar surface area (TPSA) is 98.5 Å². The van der Waals surface area contributed by atoms with Gasteiger partial charge in [0, 0.05) is 18.0 Å². The van der Waals surface area contributed by atoms with Gasteiger partial charge in [0.05, 0.1) is 4.92 Å². The fraction of sp³-hybridized carbons (Fsp3) is 0.368. The van der Waals surface area contributed by atoms with E-state index in [0.29, 0.717) is 11.8 Å². The Kier molecular flexibility index (Phi) is 5.65. The van der Waals surface area contributed by atoms with Gasteiger partial charge in [-0.3, -0.25) is 10.1 Å². The van der Waals surface area contributed by atoms with Crippen molar-refractivity contribution in [2.24, 2.45) is 0 Å². The summed E-state index contributed by atoms with van der Waals surface area (Å²) in [5.74, 6) is 0.300. The zero-order valence-electron chi connectivity index (χ0n) is 15.1. The van der Waals surface area contributed by atoms with Crippen molar-refractivity contribution in [1.82, 2.24) is 0 Å². The van der Waals surface area contributed by atoms with Gasteiger partial charge in [0.1, 0.15) is 10.6 Å². The van der Waals surface area contributed by atoms with Crippen LogP contribution in [0.1, 0.15) is 32.1 Å². The number of para-hydroxylation sites is 1. The van der Waals surface area contributed by atoms with E-state index < -0.39 is 20.4 Å². The minimum absolute atomic E-state index is 0.101. The molecule has 0 radical (unpaired) electrons. The summed E-state index contributed by atoms with van der Waals surface area (Å²) < 4.78 is 29.3. The molecular formula is C19H22N2O5S. The number of anilines is 1. The Bertz CT molecular complexity index is 920. The highest BCUT2D eigenvalue weighted by atomic mass is 32.2. The Hall–Kier alpha value is -2.61.